The van der Waals surface area contributed by atoms with Gasteiger partial charge in [0.1, 0.15) is 0 Å². The summed E-state index contributed by atoms with van der Waals surface area (Å²) in [6.45, 7) is 2.86. The van der Waals surface area contributed by atoms with Crippen LogP contribution in [-0.4, -0.2) is 15.3 Å². The summed E-state index contributed by atoms with van der Waals surface area (Å²) < 4.78 is 22.2. The zero-order chi connectivity index (χ0) is 13.9. The van der Waals surface area contributed by atoms with Crippen molar-refractivity contribution in [3.63, 3.8) is 0 Å². The highest BCUT2D eigenvalue weighted by Crippen LogP contribution is 2.16. The molecule has 3 nitrogen and oxygen atoms in total. The Balaban J connectivity index is 2.26. The molecule has 108 valence electrons. The molecule has 1 N–H and O–H groups in total. The lowest BCUT2D eigenvalue weighted by atomic mass is 10.1. The normalized spacial score (nSPS) is 12.3. The molecule has 0 saturated heterocycles. The van der Waals surface area contributed by atoms with Crippen LogP contribution < -0.4 is 4.31 Å². The van der Waals surface area contributed by atoms with Gasteiger partial charge in [0, 0.05) is 6.54 Å². The third-order valence-corrected chi connectivity index (χ3v) is 3.97. The van der Waals surface area contributed by atoms with E-state index in [1.54, 1.807) is 4.31 Å². The summed E-state index contributed by atoms with van der Waals surface area (Å²) >= 11 is -1.93. The van der Waals surface area contributed by atoms with Crippen LogP contribution in [0.4, 0.5) is 5.69 Å². The Labute approximate surface area is 119 Å². The highest BCUT2D eigenvalue weighted by molar-refractivity contribution is 7.80. The summed E-state index contributed by atoms with van der Waals surface area (Å²) in [6, 6.07) is 9.43. The van der Waals surface area contributed by atoms with Crippen LogP contribution >= 0.6 is 0 Å². The Hall–Kier alpha value is -0.870. The Kier molecular flexibility index (Phi) is 8.50. The van der Waals surface area contributed by atoms with E-state index in [4.69, 9.17) is 0 Å². The first-order valence-electron chi connectivity index (χ1n) is 7.19. The van der Waals surface area contributed by atoms with Gasteiger partial charge in [-0.2, -0.15) is 0 Å². The minimum absolute atomic E-state index is 0.640. The minimum atomic E-state index is -1.93. The van der Waals surface area contributed by atoms with Crippen LogP contribution in [0.25, 0.3) is 0 Å². The SMILES string of the molecule is CCCCCCCCCN(c1ccccc1)S(=O)O. The summed E-state index contributed by atoms with van der Waals surface area (Å²) in [6.07, 6.45) is 8.49. The van der Waals surface area contributed by atoms with Gasteiger partial charge in [0.05, 0.1) is 5.69 Å². The number of rotatable bonds is 10. The van der Waals surface area contributed by atoms with Crippen LogP contribution in [0, 0.1) is 0 Å². The van der Waals surface area contributed by atoms with E-state index < -0.39 is 11.3 Å². The maximum atomic E-state index is 11.3. The van der Waals surface area contributed by atoms with Crippen LogP contribution in [0.3, 0.4) is 0 Å². The van der Waals surface area contributed by atoms with Gasteiger partial charge in [-0.3, -0.25) is 8.86 Å². The van der Waals surface area contributed by atoms with Crippen molar-refractivity contribution >= 4 is 17.0 Å². The number of nitrogens with zero attached hydrogens (tertiary/aromatic N) is 1. The maximum absolute atomic E-state index is 11.3. The van der Waals surface area contributed by atoms with Crippen LogP contribution in [0.1, 0.15) is 51.9 Å². The molecule has 0 heterocycles. The molecule has 19 heavy (non-hydrogen) atoms. The second-order valence-corrected chi connectivity index (χ2v) is 5.69. The first-order valence-corrected chi connectivity index (χ1v) is 8.25. The topological polar surface area (TPSA) is 40.5 Å². The van der Waals surface area contributed by atoms with Gasteiger partial charge < -0.3 is 0 Å². The zero-order valence-electron chi connectivity index (χ0n) is 11.8. The molecule has 0 spiro atoms. The van der Waals surface area contributed by atoms with Gasteiger partial charge in [0.15, 0.2) is 0 Å². The van der Waals surface area contributed by atoms with E-state index in [0.29, 0.717) is 6.54 Å². The van der Waals surface area contributed by atoms with E-state index in [-0.39, 0.29) is 0 Å². The van der Waals surface area contributed by atoms with E-state index in [2.05, 4.69) is 6.92 Å². The zero-order valence-corrected chi connectivity index (χ0v) is 12.6. The van der Waals surface area contributed by atoms with Crippen molar-refractivity contribution in [2.75, 3.05) is 10.8 Å². The summed E-state index contributed by atoms with van der Waals surface area (Å²) in [5, 5.41) is 0. The van der Waals surface area contributed by atoms with Crippen LogP contribution in [0.5, 0.6) is 0 Å². The molecular weight excluding hydrogens is 258 g/mol. The number of anilines is 1. The van der Waals surface area contributed by atoms with Gasteiger partial charge in [-0.25, -0.2) is 4.21 Å². The average molecular weight is 283 g/mol. The first-order chi connectivity index (χ1) is 9.25. The second-order valence-electron chi connectivity index (χ2n) is 4.79. The van der Waals surface area contributed by atoms with Crippen molar-refractivity contribution in [3.05, 3.63) is 30.3 Å². The van der Waals surface area contributed by atoms with E-state index in [9.17, 15) is 8.76 Å². The number of unbranched alkanes of at least 4 members (excludes halogenated alkanes) is 6. The molecule has 0 aliphatic rings. The third kappa shape index (κ3) is 6.73. The minimum Gasteiger partial charge on any atom is -0.289 e. The molecule has 0 aliphatic carbocycles. The van der Waals surface area contributed by atoms with Crippen LogP contribution in [0.2, 0.25) is 0 Å². The smallest absolute Gasteiger partial charge is 0.261 e. The second kappa shape index (κ2) is 9.98. The molecule has 0 radical (unpaired) electrons. The van der Waals surface area contributed by atoms with Gasteiger partial charge in [0.25, 0.3) is 11.3 Å². The Bertz CT molecular complexity index is 356. The van der Waals surface area contributed by atoms with Crippen molar-refractivity contribution in [1.29, 1.82) is 0 Å². The molecule has 4 heteroatoms. The Morgan fingerprint density at radius 1 is 1.00 bits per heavy atom. The van der Waals surface area contributed by atoms with Crippen molar-refractivity contribution < 1.29 is 8.76 Å². The lowest BCUT2D eigenvalue weighted by Gasteiger charge is -2.19. The van der Waals surface area contributed by atoms with E-state index >= 15 is 0 Å². The summed E-state index contributed by atoms with van der Waals surface area (Å²) in [5.74, 6) is 0. The lowest BCUT2D eigenvalue weighted by molar-refractivity contribution is 0.552. The van der Waals surface area contributed by atoms with Crippen molar-refractivity contribution in [1.82, 2.24) is 0 Å². The summed E-state index contributed by atoms with van der Waals surface area (Å²) in [4.78, 5) is 0. The monoisotopic (exact) mass is 283 g/mol. The molecule has 0 amide bonds. The molecule has 1 atom stereocenters. The van der Waals surface area contributed by atoms with Gasteiger partial charge in [0.2, 0.25) is 0 Å². The Morgan fingerprint density at radius 2 is 1.58 bits per heavy atom. The fourth-order valence-corrected chi connectivity index (χ4v) is 2.69. The summed E-state index contributed by atoms with van der Waals surface area (Å²) in [5.41, 5.74) is 0.814. The molecule has 0 aromatic heterocycles. The van der Waals surface area contributed by atoms with Gasteiger partial charge >= 0.3 is 0 Å². The average Bonchev–Trinajstić information content (AvgIpc) is 2.42. The highest BCUT2D eigenvalue weighted by atomic mass is 32.2. The number of hydrogen-bond acceptors (Lipinski definition) is 1. The van der Waals surface area contributed by atoms with Crippen LogP contribution in [0.15, 0.2) is 30.3 Å². The van der Waals surface area contributed by atoms with Gasteiger partial charge in [-0.1, -0.05) is 63.6 Å². The maximum Gasteiger partial charge on any atom is 0.261 e. The molecular formula is C15H25NO2S. The Morgan fingerprint density at radius 3 is 2.16 bits per heavy atom. The molecule has 1 unspecified atom stereocenters. The molecule has 1 rings (SSSR count). The highest BCUT2D eigenvalue weighted by Gasteiger charge is 2.10. The van der Waals surface area contributed by atoms with E-state index in [0.717, 1.165) is 18.5 Å². The standard InChI is InChI=1S/C15H25NO2S/c1-2-3-4-5-6-7-11-14-16(19(17)18)15-12-9-8-10-13-15/h8-10,12-13H,2-7,11,14H2,1H3,(H,17,18). The molecule has 0 aliphatic heterocycles. The molecule has 1 aromatic carbocycles. The summed E-state index contributed by atoms with van der Waals surface area (Å²) in [7, 11) is 0. The largest absolute Gasteiger partial charge is 0.289 e. The fraction of sp³-hybridized carbons (Fsp3) is 0.600. The number of para-hydroxylation sites is 1. The molecule has 0 saturated carbocycles. The fourth-order valence-electron chi connectivity index (χ4n) is 2.10. The quantitative estimate of drug-likeness (QED) is 0.511. The van der Waals surface area contributed by atoms with E-state index in [1.165, 1.54) is 32.1 Å². The molecule has 1 aromatic rings. The predicted octanol–water partition coefficient (Wildman–Crippen LogP) is 4.38. The van der Waals surface area contributed by atoms with Crippen molar-refractivity contribution in [2.45, 2.75) is 51.9 Å². The first kappa shape index (κ1) is 16.2. The third-order valence-electron chi connectivity index (χ3n) is 3.20. The molecule has 0 bridgehead atoms. The van der Waals surface area contributed by atoms with Crippen molar-refractivity contribution in [2.24, 2.45) is 0 Å². The number of benzene rings is 1. The van der Waals surface area contributed by atoms with Gasteiger partial charge in [-0.15, -0.1) is 0 Å². The molecule has 0 fully saturated rings. The van der Waals surface area contributed by atoms with Crippen molar-refractivity contribution in [3.8, 4) is 0 Å². The van der Waals surface area contributed by atoms with Crippen LogP contribution in [-0.2, 0) is 11.3 Å². The predicted molar refractivity (Wildman–Crippen MR) is 82.6 cm³/mol. The number of hydrogen-bond donors (Lipinski definition) is 1. The van der Waals surface area contributed by atoms with Gasteiger partial charge in [-0.05, 0) is 18.6 Å². The van der Waals surface area contributed by atoms with E-state index in [1.807, 2.05) is 30.3 Å². The lowest BCUT2D eigenvalue weighted by Crippen LogP contribution is -2.26.